The number of nitro benzene ring substituents is 1. The first kappa shape index (κ1) is 19.1. The van der Waals surface area contributed by atoms with Crippen LogP contribution in [0.5, 0.6) is 5.75 Å². The van der Waals surface area contributed by atoms with Gasteiger partial charge in [-0.25, -0.2) is 14.3 Å². The summed E-state index contributed by atoms with van der Waals surface area (Å²) in [7, 11) is -2.98. The maximum Gasteiger partial charge on any atom is 0.289 e. The van der Waals surface area contributed by atoms with Gasteiger partial charge in [-0.3, -0.25) is 24.6 Å². The Morgan fingerprint density at radius 3 is 2.38 bits per heavy atom. The summed E-state index contributed by atoms with van der Waals surface area (Å²) in [5.41, 5.74) is 1.37. The zero-order valence-corrected chi connectivity index (χ0v) is 14.5. The average Bonchev–Trinajstić information content (AvgIpc) is 2.65. The maximum atomic E-state index is 13.0. The van der Waals surface area contributed by atoms with Crippen LogP contribution < -0.4 is 20.3 Å². The Morgan fingerprint density at radius 1 is 1.23 bits per heavy atom. The number of methoxy groups -OCH3 is 1. The van der Waals surface area contributed by atoms with E-state index in [2.05, 4.69) is 0 Å². The van der Waals surface area contributed by atoms with Crippen LogP contribution in [0.25, 0.3) is 0 Å². The number of amides is 1. The number of hydrogen-bond acceptors (Lipinski definition) is 7. The van der Waals surface area contributed by atoms with E-state index in [1.165, 1.54) is 43.5 Å². The number of anilines is 1. The molecule has 2 aromatic carbocycles. The van der Waals surface area contributed by atoms with E-state index in [0.717, 1.165) is 16.4 Å². The Morgan fingerprint density at radius 2 is 1.85 bits per heavy atom. The van der Waals surface area contributed by atoms with Gasteiger partial charge in [0, 0.05) is 6.07 Å². The first-order chi connectivity index (χ1) is 12.3. The topological polar surface area (TPSA) is 145 Å². The molecule has 0 spiro atoms. The third kappa shape index (κ3) is 3.90. The smallest absolute Gasteiger partial charge is 0.289 e. The summed E-state index contributed by atoms with van der Waals surface area (Å²) in [5, 5.41) is 11.2. The number of rotatable bonds is 7. The molecule has 0 aliphatic heterocycles. The summed E-state index contributed by atoms with van der Waals surface area (Å²) in [6.07, 6.45) is 0. The third-order valence-electron chi connectivity index (χ3n) is 3.44. The molecule has 2 aromatic rings. The largest absolute Gasteiger partial charge is 0.497 e. The van der Waals surface area contributed by atoms with Gasteiger partial charge < -0.3 is 4.74 Å². The Labute approximate surface area is 149 Å². The quantitative estimate of drug-likeness (QED) is 0.312. The van der Waals surface area contributed by atoms with Crippen LogP contribution in [0.15, 0.2) is 53.4 Å². The molecule has 0 saturated heterocycles. The Kier molecular flexibility index (Phi) is 5.75. The lowest BCUT2D eigenvalue weighted by molar-refractivity contribution is -0.387. The second kappa shape index (κ2) is 7.80. The summed E-state index contributed by atoms with van der Waals surface area (Å²) in [6, 6.07) is 10.7. The van der Waals surface area contributed by atoms with Crippen molar-refractivity contribution in [3.63, 3.8) is 0 Å². The monoisotopic (exact) mass is 380 g/mol. The SMILES string of the molecule is COc1ccc(N(CC(=O)NN)S(=O)(=O)c2ccccc2[N+](=O)[O-])cc1. The van der Waals surface area contributed by atoms with Crippen molar-refractivity contribution in [1.29, 1.82) is 0 Å². The minimum atomic E-state index is -4.42. The van der Waals surface area contributed by atoms with E-state index in [1.807, 2.05) is 5.43 Å². The van der Waals surface area contributed by atoms with Crippen LogP contribution in [0, 0.1) is 10.1 Å². The molecular formula is C15H16N4O6S. The molecule has 2 rings (SSSR count). The van der Waals surface area contributed by atoms with E-state index in [0.29, 0.717) is 5.75 Å². The molecule has 138 valence electrons. The fraction of sp³-hybridized carbons (Fsp3) is 0.133. The molecule has 0 atom stereocenters. The highest BCUT2D eigenvalue weighted by atomic mass is 32.2. The van der Waals surface area contributed by atoms with Gasteiger partial charge in [0.25, 0.3) is 21.6 Å². The number of nitrogens with zero attached hydrogens (tertiary/aromatic N) is 2. The van der Waals surface area contributed by atoms with Crippen LogP contribution >= 0.6 is 0 Å². The third-order valence-corrected chi connectivity index (χ3v) is 5.26. The highest BCUT2D eigenvalue weighted by Crippen LogP contribution is 2.30. The molecule has 1 amide bonds. The van der Waals surface area contributed by atoms with E-state index >= 15 is 0 Å². The number of carbonyl (C=O) groups is 1. The minimum absolute atomic E-state index is 0.118. The number of hydrazine groups is 1. The number of benzene rings is 2. The summed E-state index contributed by atoms with van der Waals surface area (Å²) in [5.74, 6) is 4.74. The van der Waals surface area contributed by atoms with E-state index in [9.17, 15) is 23.3 Å². The number of ether oxygens (including phenoxy) is 1. The van der Waals surface area contributed by atoms with Crippen LogP contribution in [-0.2, 0) is 14.8 Å². The molecule has 10 nitrogen and oxygen atoms in total. The van der Waals surface area contributed by atoms with Crippen LogP contribution in [-0.4, -0.2) is 32.9 Å². The van der Waals surface area contributed by atoms with Crippen molar-refractivity contribution >= 4 is 27.3 Å². The number of carbonyl (C=O) groups excluding carboxylic acids is 1. The molecule has 26 heavy (non-hydrogen) atoms. The number of sulfonamides is 1. The average molecular weight is 380 g/mol. The predicted octanol–water partition coefficient (Wildman–Crippen LogP) is 0.789. The van der Waals surface area contributed by atoms with Crippen molar-refractivity contribution in [1.82, 2.24) is 5.43 Å². The fourth-order valence-corrected chi connectivity index (χ4v) is 3.77. The van der Waals surface area contributed by atoms with E-state index < -0.39 is 38.0 Å². The fourth-order valence-electron chi connectivity index (χ4n) is 2.18. The van der Waals surface area contributed by atoms with Crippen LogP contribution in [0.3, 0.4) is 0 Å². The molecule has 0 bridgehead atoms. The number of para-hydroxylation sites is 1. The Bertz CT molecular complexity index is 914. The van der Waals surface area contributed by atoms with E-state index in [4.69, 9.17) is 10.6 Å². The van der Waals surface area contributed by atoms with Crippen molar-refractivity contribution in [3.05, 3.63) is 58.6 Å². The lowest BCUT2D eigenvalue weighted by Crippen LogP contribution is -2.43. The van der Waals surface area contributed by atoms with Crippen LogP contribution in [0.1, 0.15) is 0 Å². The van der Waals surface area contributed by atoms with Crippen molar-refractivity contribution < 1.29 is 22.9 Å². The molecule has 3 N–H and O–H groups in total. The van der Waals surface area contributed by atoms with Gasteiger partial charge in [0.2, 0.25) is 0 Å². The molecule has 0 heterocycles. The summed E-state index contributed by atoms with van der Waals surface area (Å²) in [6.45, 7) is -0.656. The van der Waals surface area contributed by atoms with Crippen LogP contribution in [0.2, 0.25) is 0 Å². The summed E-state index contributed by atoms with van der Waals surface area (Å²) < 4.78 is 31.8. The van der Waals surface area contributed by atoms with Crippen molar-refractivity contribution in [2.24, 2.45) is 5.84 Å². The van der Waals surface area contributed by atoms with Gasteiger partial charge in [0.05, 0.1) is 17.7 Å². The minimum Gasteiger partial charge on any atom is -0.497 e. The van der Waals surface area contributed by atoms with Gasteiger partial charge in [0.1, 0.15) is 12.3 Å². The molecule has 11 heteroatoms. The lowest BCUT2D eigenvalue weighted by Gasteiger charge is -2.23. The normalized spacial score (nSPS) is 10.8. The predicted molar refractivity (Wildman–Crippen MR) is 93.0 cm³/mol. The summed E-state index contributed by atoms with van der Waals surface area (Å²) >= 11 is 0. The van der Waals surface area contributed by atoms with E-state index in [-0.39, 0.29) is 5.69 Å². The van der Waals surface area contributed by atoms with E-state index in [1.54, 1.807) is 0 Å². The van der Waals surface area contributed by atoms with Gasteiger partial charge in [0.15, 0.2) is 4.90 Å². The molecule has 0 saturated carbocycles. The Balaban J connectivity index is 2.60. The molecule has 0 unspecified atom stereocenters. The first-order valence-electron chi connectivity index (χ1n) is 7.21. The second-order valence-corrected chi connectivity index (χ2v) is 6.83. The van der Waals surface area contributed by atoms with Gasteiger partial charge in [-0.1, -0.05) is 12.1 Å². The second-order valence-electron chi connectivity index (χ2n) is 5.00. The standard InChI is InChI=1S/C15H16N4O6S/c1-25-12-8-6-11(7-9-12)18(10-15(20)17-16)26(23,24)14-5-3-2-4-13(14)19(21)22/h2-9H,10,16H2,1H3,(H,17,20). The van der Waals surface area contributed by atoms with Crippen LogP contribution in [0.4, 0.5) is 11.4 Å². The van der Waals surface area contributed by atoms with Crippen molar-refractivity contribution in [2.75, 3.05) is 18.0 Å². The number of nitrogens with one attached hydrogen (secondary N) is 1. The van der Waals surface area contributed by atoms with Gasteiger partial charge >= 0.3 is 0 Å². The van der Waals surface area contributed by atoms with Crippen molar-refractivity contribution in [2.45, 2.75) is 4.90 Å². The number of hydrogen-bond donors (Lipinski definition) is 2. The zero-order chi connectivity index (χ0) is 19.3. The van der Waals surface area contributed by atoms with Gasteiger partial charge in [-0.2, -0.15) is 0 Å². The molecule has 0 radical (unpaired) electrons. The van der Waals surface area contributed by atoms with Gasteiger partial charge in [-0.05, 0) is 30.3 Å². The number of nitro groups is 1. The summed E-state index contributed by atoms with van der Waals surface area (Å²) in [4.78, 5) is 21.6. The highest BCUT2D eigenvalue weighted by molar-refractivity contribution is 7.93. The number of nitrogens with two attached hydrogens (primary N) is 1. The molecule has 0 aliphatic rings. The maximum absolute atomic E-state index is 13.0. The Hall–Kier alpha value is -3.18. The molecule has 0 aliphatic carbocycles. The molecule has 0 aromatic heterocycles. The lowest BCUT2D eigenvalue weighted by atomic mass is 10.3. The van der Waals surface area contributed by atoms with Crippen molar-refractivity contribution in [3.8, 4) is 5.75 Å². The first-order valence-corrected chi connectivity index (χ1v) is 8.65. The van der Waals surface area contributed by atoms with Gasteiger partial charge in [-0.15, -0.1) is 0 Å². The zero-order valence-electron chi connectivity index (χ0n) is 13.7. The molecule has 0 fully saturated rings. The highest BCUT2D eigenvalue weighted by Gasteiger charge is 2.32. The molecular weight excluding hydrogens is 364 g/mol.